The number of hydrogen-bond acceptors (Lipinski definition) is 5. The van der Waals surface area contributed by atoms with Gasteiger partial charge in [-0.2, -0.15) is 0 Å². The average molecular weight is 572 g/mol. The molecule has 1 atom stereocenters. The summed E-state index contributed by atoms with van der Waals surface area (Å²) in [5.41, 5.74) is 1.07. The molecule has 1 N–H and O–H groups in total. The standard InChI is InChI=1S/C29H34ClN3O5S/c1-21(2)18-31-29(35)22(3)32(19-23-10-12-24(30)13-11-23)28(34)20-33(25-8-6-5-7-9-25)39(36,37)27-16-14-26(38-4)15-17-27/h5-17,21-22H,18-20H2,1-4H3,(H,31,35)/t22-/m0/s1. The number of anilines is 1. The summed E-state index contributed by atoms with van der Waals surface area (Å²) < 4.78 is 33.8. The fraction of sp³-hybridized carbons (Fsp3) is 0.310. The summed E-state index contributed by atoms with van der Waals surface area (Å²) in [6.07, 6.45) is 0. The first-order valence-corrected chi connectivity index (χ1v) is 14.4. The first-order chi connectivity index (χ1) is 18.5. The van der Waals surface area contributed by atoms with Crippen LogP contribution < -0.4 is 14.4 Å². The van der Waals surface area contributed by atoms with E-state index in [1.165, 1.54) is 24.1 Å². The molecular weight excluding hydrogens is 538 g/mol. The number of hydrogen-bond donors (Lipinski definition) is 1. The number of para-hydroxylation sites is 1. The molecule has 10 heteroatoms. The van der Waals surface area contributed by atoms with Gasteiger partial charge in [0.15, 0.2) is 0 Å². The summed E-state index contributed by atoms with van der Waals surface area (Å²) in [4.78, 5) is 28.3. The van der Waals surface area contributed by atoms with E-state index in [0.29, 0.717) is 23.0 Å². The molecule has 0 aromatic heterocycles. The van der Waals surface area contributed by atoms with E-state index in [1.807, 2.05) is 13.8 Å². The number of rotatable bonds is 12. The summed E-state index contributed by atoms with van der Waals surface area (Å²) in [6, 6.07) is 20.4. The van der Waals surface area contributed by atoms with Crippen molar-refractivity contribution in [1.82, 2.24) is 10.2 Å². The zero-order valence-corrected chi connectivity index (χ0v) is 24.1. The molecule has 0 aliphatic heterocycles. The summed E-state index contributed by atoms with van der Waals surface area (Å²) in [7, 11) is -2.65. The molecule has 0 unspecified atom stereocenters. The van der Waals surface area contributed by atoms with Crippen LogP contribution in [0.5, 0.6) is 5.75 Å². The van der Waals surface area contributed by atoms with E-state index in [2.05, 4.69) is 5.32 Å². The molecule has 0 heterocycles. The minimum atomic E-state index is -4.14. The van der Waals surface area contributed by atoms with E-state index in [0.717, 1.165) is 9.87 Å². The second kappa shape index (κ2) is 13.5. The number of sulfonamides is 1. The molecule has 208 valence electrons. The topological polar surface area (TPSA) is 96.0 Å². The number of nitrogens with one attached hydrogen (secondary N) is 1. The lowest BCUT2D eigenvalue weighted by molar-refractivity contribution is -0.139. The smallest absolute Gasteiger partial charge is 0.264 e. The Morgan fingerprint density at radius 1 is 0.923 bits per heavy atom. The van der Waals surface area contributed by atoms with Gasteiger partial charge in [-0.05, 0) is 66.9 Å². The van der Waals surface area contributed by atoms with Crippen molar-refractivity contribution in [2.75, 3.05) is 24.5 Å². The Labute approximate surface area is 235 Å². The first kappa shape index (κ1) is 30.0. The van der Waals surface area contributed by atoms with Crippen molar-refractivity contribution in [1.29, 1.82) is 0 Å². The predicted octanol–water partition coefficient (Wildman–Crippen LogP) is 4.73. The summed E-state index contributed by atoms with van der Waals surface area (Å²) >= 11 is 6.03. The Balaban J connectivity index is 1.98. The zero-order valence-electron chi connectivity index (χ0n) is 22.5. The Bertz CT molecular complexity index is 1350. The van der Waals surface area contributed by atoms with E-state index in [9.17, 15) is 18.0 Å². The van der Waals surface area contributed by atoms with Crippen molar-refractivity contribution in [3.05, 3.63) is 89.4 Å². The SMILES string of the molecule is COc1ccc(S(=O)(=O)N(CC(=O)N(Cc2ccc(Cl)cc2)[C@@H](C)C(=O)NCC(C)C)c2ccccc2)cc1. The van der Waals surface area contributed by atoms with E-state index in [1.54, 1.807) is 73.7 Å². The van der Waals surface area contributed by atoms with Crippen molar-refractivity contribution in [2.45, 2.75) is 38.3 Å². The predicted molar refractivity (Wildman–Crippen MR) is 153 cm³/mol. The zero-order chi connectivity index (χ0) is 28.6. The van der Waals surface area contributed by atoms with Crippen LogP contribution in [0.4, 0.5) is 5.69 Å². The van der Waals surface area contributed by atoms with E-state index < -0.39 is 28.5 Å². The van der Waals surface area contributed by atoms with Crippen LogP contribution in [0.1, 0.15) is 26.3 Å². The van der Waals surface area contributed by atoms with Crippen LogP contribution in [0, 0.1) is 5.92 Å². The first-order valence-electron chi connectivity index (χ1n) is 12.6. The molecule has 0 bridgehead atoms. The molecule has 3 rings (SSSR count). The lowest BCUT2D eigenvalue weighted by Gasteiger charge is -2.32. The van der Waals surface area contributed by atoms with Gasteiger partial charge in [0.1, 0.15) is 18.3 Å². The lowest BCUT2D eigenvalue weighted by atomic mass is 10.1. The summed E-state index contributed by atoms with van der Waals surface area (Å²) in [5.74, 6) is -0.121. The molecule has 3 aromatic rings. The van der Waals surface area contributed by atoms with Crippen molar-refractivity contribution in [3.8, 4) is 5.75 Å². The highest BCUT2D eigenvalue weighted by atomic mass is 35.5. The Morgan fingerprint density at radius 2 is 1.54 bits per heavy atom. The largest absolute Gasteiger partial charge is 0.497 e. The Kier molecular flexibility index (Phi) is 10.4. The number of carbonyl (C=O) groups is 2. The van der Waals surface area contributed by atoms with Gasteiger partial charge in [0.2, 0.25) is 11.8 Å². The fourth-order valence-electron chi connectivity index (χ4n) is 3.82. The fourth-order valence-corrected chi connectivity index (χ4v) is 5.36. The number of nitrogens with zero attached hydrogens (tertiary/aromatic N) is 2. The van der Waals surface area contributed by atoms with Gasteiger partial charge in [-0.25, -0.2) is 8.42 Å². The maximum atomic E-state index is 13.9. The van der Waals surface area contributed by atoms with Gasteiger partial charge in [0.25, 0.3) is 10.0 Å². The molecule has 3 aromatic carbocycles. The molecule has 0 aliphatic carbocycles. The van der Waals surface area contributed by atoms with Gasteiger partial charge in [0.05, 0.1) is 17.7 Å². The summed E-state index contributed by atoms with van der Waals surface area (Å²) in [5, 5.41) is 3.41. The van der Waals surface area contributed by atoms with Crippen molar-refractivity contribution >= 4 is 39.1 Å². The minimum Gasteiger partial charge on any atom is -0.497 e. The number of methoxy groups -OCH3 is 1. The van der Waals surface area contributed by atoms with Crippen molar-refractivity contribution in [2.24, 2.45) is 5.92 Å². The molecule has 39 heavy (non-hydrogen) atoms. The Hall–Kier alpha value is -3.56. The second-order valence-electron chi connectivity index (χ2n) is 9.49. The van der Waals surface area contributed by atoms with Crippen LogP contribution in [0.25, 0.3) is 0 Å². The normalized spacial score (nSPS) is 12.1. The van der Waals surface area contributed by atoms with Crippen LogP contribution in [0.3, 0.4) is 0 Å². The molecule has 0 saturated heterocycles. The van der Waals surface area contributed by atoms with Gasteiger partial charge in [-0.1, -0.05) is 55.8 Å². The van der Waals surface area contributed by atoms with Gasteiger partial charge < -0.3 is 15.0 Å². The third-order valence-corrected chi connectivity index (χ3v) is 8.13. The maximum Gasteiger partial charge on any atom is 0.264 e. The highest BCUT2D eigenvalue weighted by molar-refractivity contribution is 7.92. The second-order valence-corrected chi connectivity index (χ2v) is 11.8. The molecule has 0 radical (unpaired) electrons. The van der Waals surface area contributed by atoms with Gasteiger partial charge in [-0.15, -0.1) is 0 Å². The van der Waals surface area contributed by atoms with Crippen LogP contribution >= 0.6 is 11.6 Å². The molecule has 8 nitrogen and oxygen atoms in total. The molecule has 2 amide bonds. The van der Waals surface area contributed by atoms with E-state index in [-0.39, 0.29) is 23.3 Å². The minimum absolute atomic E-state index is 0.00642. The van der Waals surface area contributed by atoms with Crippen LogP contribution in [0.15, 0.2) is 83.8 Å². The highest BCUT2D eigenvalue weighted by Gasteiger charge is 2.32. The maximum absolute atomic E-state index is 13.9. The van der Waals surface area contributed by atoms with Crippen LogP contribution in [-0.2, 0) is 26.2 Å². The summed E-state index contributed by atoms with van der Waals surface area (Å²) in [6.45, 7) is 5.63. The molecular formula is C29H34ClN3O5S. The van der Waals surface area contributed by atoms with E-state index >= 15 is 0 Å². The number of carbonyl (C=O) groups excluding carboxylic acids is 2. The highest BCUT2D eigenvalue weighted by Crippen LogP contribution is 2.26. The number of halogens is 1. The molecule has 0 spiro atoms. The van der Waals surface area contributed by atoms with Crippen LogP contribution in [-0.4, -0.2) is 51.4 Å². The van der Waals surface area contributed by atoms with Crippen LogP contribution in [0.2, 0.25) is 5.02 Å². The molecule has 0 fully saturated rings. The quantitative estimate of drug-likeness (QED) is 0.339. The van der Waals surface area contributed by atoms with Gasteiger partial charge in [0, 0.05) is 18.1 Å². The average Bonchev–Trinajstić information content (AvgIpc) is 2.94. The van der Waals surface area contributed by atoms with Crippen molar-refractivity contribution < 1.29 is 22.7 Å². The third kappa shape index (κ3) is 7.97. The van der Waals surface area contributed by atoms with Gasteiger partial charge in [-0.3, -0.25) is 13.9 Å². The third-order valence-electron chi connectivity index (χ3n) is 6.09. The van der Waals surface area contributed by atoms with E-state index in [4.69, 9.17) is 16.3 Å². The number of benzene rings is 3. The number of amides is 2. The molecule has 0 aliphatic rings. The number of ether oxygens (including phenoxy) is 1. The molecule has 0 saturated carbocycles. The Morgan fingerprint density at radius 3 is 2.10 bits per heavy atom. The lowest BCUT2D eigenvalue weighted by Crippen LogP contribution is -2.51. The van der Waals surface area contributed by atoms with Gasteiger partial charge >= 0.3 is 0 Å². The monoisotopic (exact) mass is 571 g/mol. The van der Waals surface area contributed by atoms with Crippen molar-refractivity contribution in [3.63, 3.8) is 0 Å².